The molecule has 1 aromatic carbocycles. The number of aliphatic hydroxyl groups is 1. The van der Waals surface area contributed by atoms with Gasteiger partial charge >= 0.3 is 0 Å². The number of hydrogen-bond donors (Lipinski definition) is 1. The highest BCUT2D eigenvalue weighted by Crippen LogP contribution is 2.40. The van der Waals surface area contributed by atoms with Crippen LogP contribution in [0.5, 0.6) is 0 Å². The van der Waals surface area contributed by atoms with Crippen LogP contribution in [0.4, 0.5) is 4.39 Å². The summed E-state index contributed by atoms with van der Waals surface area (Å²) < 4.78 is 16.6. The number of Topliss-reactive ketones (excluding diaryl/α,β-unsaturated/α-hetero) is 1. The zero-order chi connectivity index (χ0) is 24.4. The summed E-state index contributed by atoms with van der Waals surface area (Å²) >= 11 is 0. The van der Waals surface area contributed by atoms with Crippen molar-refractivity contribution in [3.05, 3.63) is 77.0 Å². The number of imidazole rings is 1. The van der Waals surface area contributed by atoms with E-state index in [1.165, 1.54) is 11.0 Å². The van der Waals surface area contributed by atoms with Crippen molar-refractivity contribution >= 4 is 23.1 Å². The van der Waals surface area contributed by atoms with Crippen molar-refractivity contribution in [3.63, 3.8) is 0 Å². The molecule has 0 aliphatic carbocycles. The Morgan fingerprint density at radius 3 is 2.53 bits per heavy atom. The number of ketones is 1. The Labute approximate surface area is 198 Å². The summed E-state index contributed by atoms with van der Waals surface area (Å²) in [4.78, 5) is 34.4. The first kappa shape index (κ1) is 23.6. The molecule has 2 aromatic heterocycles. The van der Waals surface area contributed by atoms with Gasteiger partial charge in [0.15, 0.2) is 5.76 Å². The zero-order valence-electron chi connectivity index (χ0n) is 19.7. The maximum Gasteiger partial charge on any atom is 0.295 e. The van der Waals surface area contributed by atoms with E-state index in [-0.39, 0.29) is 23.4 Å². The highest BCUT2D eigenvalue weighted by molar-refractivity contribution is 6.46. The number of fused-ring (bicyclic) bond motifs is 1. The molecule has 178 valence electrons. The van der Waals surface area contributed by atoms with Gasteiger partial charge in [0, 0.05) is 18.3 Å². The number of carbonyl (C=O) groups is 2. The molecule has 8 heteroatoms. The fraction of sp³-hybridized carbons (Fsp3) is 0.346. The summed E-state index contributed by atoms with van der Waals surface area (Å²) in [6.45, 7) is 8.61. The van der Waals surface area contributed by atoms with E-state index in [0.717, 1.165) is 19.6 Å². The van der Waals surface area contributed by atoms with E-state index in [2.05, 4.69) is 23.7 Å². The monoisotopic (exact) mass is 464 g/mol. The summed E-state index contributed by atoms with van der Waals surface area (Å²) in [6, 6.07) is 10.4. The summed E-state index contributed by atoms with van der Waals surface area (Å²) in [6.07, 6.45) is 2.34. The maximum atomic E-state index is 15.0. The van der Waals surface area contributed by atoms with Crippen LogP contribution in [-0.2, 0) is 9.59 Å². The van der Waals surface area contributed by atoms with Crippen molar-refractivity contribution in [3.8, 4) is 0 Å². The van der Waals surface area contributed by atoms with Crippen LogP contribution in [0, 0.1) is 12.7 Å². The third kappa shape index (κ3) is 4.09. The predicted octanol–water partition coefficient (Wildman–Crippen LogP) is 3.94. The van der Waals surface area contributed by atoms with Crippen molar-refractivity contribution in [2.45, 2.75) is 33.2 Å². The Bertz CT molecular complexity index is 1260. The number of halogens is 1. The lowest BCUT2D eigenvalue weighted by Crippen LogP contribution is -2.33. The summed E-state index contributed by atoms with van der Waals surface area (Å²) in [5.41, 5.74) is 1.48. The molecule has 0 spiro atoms. The fourth-order valence-electron chi connectivity index (χ4n) is 4.66. The molecule has 7 nitrogen and oxygen atoms in total. The highest BCUT2D eigenvalue weighted by atomic mass is 19.1. The highest BCUT2D eigenvalue weighted by Gasteiger charge is 2.47. The molecule has 1 aliphatic rings. The molecule has 1 N–H and O–H groups in total. The van der Waals surface area contributed by atoms with Gasteiger partial charge in [0.1, 0.15) is 17.2 Å². The lowest BCUT2D eigenvalue weighted by Gasteiger charge is -2.27. The summed E-state index contributed by atoms with van der Waals surface area (Å²) in [7, 11) is 0. The second kappa shape index (κ2) is 9.77. The molecule has 1 amide bonds. The van der Waals surface area contributed by atoms with Crippen LogP contribution in [0.3, 0.4) is 0 Å². The van der Waals surface area contributed by atoms with E-state index in [0.29, 0.717) is 23.5 Å². The molecule has 0 bridgehead atoms. The minimum atomic E-state index is -1.02. The zero-order valence-corrected chi connectivity index (χ0v) is 19.7. The van der Waals surface area contributed by atoms with Crippen LogP contribution >= 0.6 is 0 Å². The largest absolute Gasteiger partial charge is 0.505 e. The van der Waals surface area contributed by atoms with E-state index in [4.69, 9.17) is 0 Å². The van der Waals surface area contributed by atoms with E-state index in [9.17, 15) is 19.1 Å². The Balaban J connectivity index is 1.83. The number of nitrogens with zero attached hydrogens (tertiary/aromatic N) is 4. The Morgan fingerprint density at radius 1 is 1.12 bits per heavy atom. The van der Waals surface area contributed by atoms with Crippen LogP contribution in [0.15, 0.2) is 54.2 Å². The minimum Gasteiger partial charge on any atom is -0.505 e. The van der Waals surface area contributed by atoms with E-state index in [1.54, 1.807) is 47.9 Å². The van der Waals surface area contributed by atoms with Crippen LogP contribution in [0.25, 0.3) is 11.4 Å². The van der Waals surface area contributed by atoms with Gasteiger partial charge in [-0.2, -0.15) is 0 Å². The molecule has 34 heavy (non-hydrogen) atoms. The topological polar surface area (TPSA) is 78.2 Å². The number of hydrogen-bond acceptors (Lipinski definition) is 5. The number of amides is 1. The second-order valence-electron chi connectivity index (χ2n) is 8.37. The number of pyridine rings is 1. The quantitative estimate of drug-likeness (QED) is 0.310. The number of likely N-dealkylation sites (tertiary alicyclic amines) is 1. The van der Waals surface area contributed by atoms with Gasteiger partial charge < -0.3 is 14.9 Å². The lowest BCUT2D eigenvalue weighted by atomic mass is 9.95. The van der Waals surface area contributed by atoms with Crippen molar-refractivity contribution in [2.75, 3.05) is 26.2 Å². The van der Waals surface area contributed by atoms with Crippen LogP contribution in [-0.4, -0.2) is 62.2 Å². The van der Waals surface area contributed by atoms with Crippen molar-refractivity contribution < 1.29 is 19.1 Å². The first-order valence-electron chi connectivity index (χ1n) is 11.6. The number of benzene rings is 1. The average molecular weight is 465 g/mol. The summed E-state index contributed by atoms with van der Waals surface area (Å²) in [5, 5.41) is 11.4. The number of aliphatic hydroxyl groups excluding tert-OH is 1. The number of rotatable bonds is 8. The van der Waals surface area contributed by atoms with E-state index in [1.807, 2.05) is 6.07 Å². The second-order valence-corrected chi connectivity index (χ2v) is 8.37. The Morgan fingerprint density at radius 2 is 1.82 bits per heavy atom. The molecule has 0 saturated carbocycles. The van der Waals surface area contributed by atoms with Crippen LogP contribution in [0.2, 0.25) is 0 Å². The van der Waals surface area contributed by atoms with Crippen LogP contribution < -0.4 is 0 Å². The third-order valence-corrected chi connectivity index (χ3v) is 6.44. The van der Waals surface area contributed by atoms with Gasteiger partial charge in [-0.25, -0.2) is 9.37 Å². The van der Waals surface area contributed by atoms with Gasteiger partial charge in [0.05, 0.1) is 17.3 Å². The molecule has 3 heterocycles. The average Bonchev–Trinajstić information content (AvgIpc) is 3.30. The molecule has 1 aliphatic heterocycles. The summed E-state index contributed by atoms with van der Waals surface area (Å²) in [5.74, 6) is -2.45. The molecule has 1 unspecified atom stereocenters. The number of carbonyl (C=O) groups excluding carboxylic acids is 2. The molecule has 4 rings (SSSR count). The van der Waals surface area contributed by atoms with E-state index < -0.39 is 23.5 Å². The number of aryl methyl sites for hydroxylation is 1. The van der Waals surface area contributed by atoms with Crippen molar-refractivity contribution in [1.82, 2.24) is 19.2 Å². The van der Waals surface area contributed by atoms with Crippen LogP contribution in [0.1, 0.15) is 43.3 Å². The van der Waals surface area contributed by atoms with Gasteiger partial charge in [-0.1, -0.05) is 38.1 Å². The van der Waals surface area contributed by atoms with Gasteiger partial charge in [-0.3, -0.25) is 14.0 Å². The molecule has 1 atom stereocenters. The van der Waals surface area contributed by atoms with E-state index >= 15 is 0 Å². The smallest absolute Gasteiger partial charge is 0.295 e. The molecular weight excluding hydrogens is 435 g/mol. The van der Waals surface area contributed by atoms with Gasteiger partial charge in [0.25, 0.3) is 11.7 Å². The number of aromatic nitrogens is 2. The first-order valence-corrected chi connectivity index (χ1v) is 11.6. The predicted molar refractivity (Wildman–Crippen MR) is 128 cm³/mol. The molecule has 3 aromatic rings. The third-order valence-electron chi connectivity index (χ3n) is 6.44. The molecule has 0 radical (unpaired) electrons. The van der Waals surface area contributed by atoms with Crippen molar-refractivity contribution in [1.29, 1.82) is 0 Å². The van der Waals surface area contributed by atoms with Gasteiger partial charge in [-0.05, 0) is 51.2 Å². The minimum absolute atomic E-state index is 0.119. The molecule has 1 saturated heterocycles. The van der Waals surface area contributed by atoms with Gasteiger partial charge in [0.2, 0.25) is 0 Å². The Kier molecular flexibility index (Phi) is 6.79. The van der Waals surface area contributed by atoms with Gasteiger partial charge in [-0.15, -0.1) is 0 Å². The maximum absolute atomic E-state index is 15.0. The lowest BCUT2D eigenvalue weighted by molar-refractivity contribution is -0.140. The standard InChI is InChI=1S/C26H29FN4O3/c1-4-29(5-2)14-10-16-31-23(18-11-6-7-12-19(18)27)21(25(33)26(31)34)24(32)22-17(3)28-20-13-8-9-15-30(20)22/h6-9,11-13,15,23,32H,4-5,10,14,16H2,1-3H3/b24-21-. The van der Waals surface area contributed by atoms with Crippen molar-refractivity contribution in [2.24, 2.45) is 0 Å². The molecular formula is C26H29FN4O3. The fourth-order valence-corrected chi connectivity index (χ4v) is 4.66. The SMILES string of the molecule is CCN(CC)CCCN1C(=O)C(=O)/C(=C(\O)c2c(C)nc3ccccn23)C1c1ccccc1F. The first-order chi connectivity index (χ1) is 16.4. The normalized spacial score (nSPS) is 17.9. The Hall–Kier alpha value is -3.52. The molecule has 1 fully saturated rings.